The van der Waals surface area contributed by atoms with Gasteiger partial charge >= 0.3 is 0 Å². The summed E-state index contributed by atoms with van der Waals surface area (Å²) in [7, 11) is 0. The van der Waals surface area contributed by atoms with Gasteiger partial charge in [-0.2, -0.15) is 0 Å². The van der Waals surface area contributed by atoms with E-state index < -0.39 is 6.04 Å². The van der Waals surface area contributed by atoms with Gasteiger partial charge in [-0.1, -0.05) is 26.0 Å². The maximum Gasteiger partial charge on any atom is 0.254 e. The van der Waals surface area contributed by atoms with Gasteiger partial charge in [0.25, 0.3) is 5.91 Å². The van der Waals surface area contributed by atoms with E-state index in [1.807, 2.05) is 13.8 Å². The fourth-order valence-corrected chi connectivity index (χ4v) is 2.22. The third-order valence-corrected chi connectivity index (χ3v) is 3.85. The summed E-state index contributed by atoms with van der Waals surface area (Å²) < 4.78 is 0. The van der Waals surface area contributed by atoms with Gasteiger partial charge in [-0.15, -0.1) is 13.2 Å². The molecule has 0 heterocycles. The first-order valence-electron chi connectivity index (χ1n) is 8.74. The van der Waals surface area contributed by atoms with E-state index in [0.717, 1.165) is 0 Å². The van der Waals surface area contributed by atoms with Crippen LogP contribution in [0.3, 0.4) is 0 Å². The standard InChI is InChI=1S/C20H28N4O3/c1-5-11-24(12-6-2)20(27)15-7-9-16(10-8-15)23-17(25)13-22-19(26)18(21)14(3)4/h5-10,14,18H,1-2,11-13,21H2,3-4H3,(H,22,26)(H,23,25)/t18-/m0/s1. The molecule has 0 bridgehead atoms. The second-order valence-corrected chi connectivity index (χ2v) is 6.40. The molecule has 0 aliphatic rings. The maximum absolute atomic E-state index is 12.4. The zero-order valence-corrected chi connectivity index (χ0v) is 15.9. The Balaban J connectivity index is 2.62. The summed E-state index contributed by atoms with van der Waals surface area (Å²) in [5.74, 6) is -0.911. The molecule has 0 aliphatic carbocycles. The predicted molar refractivity (Wildman–Crippen MR) is 107 cm³/mol. The fraction of sp³-hybridized carbons (Fsp3) is 0.350. The number of carbonyl (C=O) groups is 3. The molecule has 146 valence electrons. The third-order valence-electron chi connectivity index (χ3n) is 3.85. The van der Waals surface area contributed by atoms with Crippen LogP contribution >= 0.6 is 0 Å². The van der Waals surface area contributed by atoms with Crippen LogP contribution in [0.2, 0.25) is 0 Å². The van der Waals surface area contributed by atoms with Gasteiger partial charge in [-0.3, -0.25) is 14.4 Å². The van der Waals surface area contributed by atoms with Gasteiger partial charge < -0.3 is 21.3 Å². The van der Waals surface area contributed by atoms with Crippen LogP contribution in [0.5, 0.6) is 0 Å². The van der Waals surface area contributed by atoms with Crippen molar-refractivity contribution in [3.05, 3.63) is 55.1 Å². The van der Waals surface area contributed by atoms with E-state index in [2.05, 4.69) is 23.8 Å². The Labute approximate surface area is 160 Å². The molecular weight excluding hydrogens is 344 g/mol. The highest BCUT2D eigenvalue weighted by molar-refractivity contribution is 5.97. The first kappa shape index (κ1) is 22.1. The number of anilines is 1. The highest BCUT2D eigenvalue weighted by atomic mass is 16.2. The lowest BCUT2D eigenvalue weighted by atomic mass is 10.1. The molecule has 1 aromatic rings. The SMILES string of the molecule is C=CCN(CC=C)C(=O)c1ccc(NC(=O)CNC(=O)[C@@H](N)C(C)C)cc1. The van der Waals surface area contributed by atoms with E-state index in [-0.39, 0.29) is 30.2 Å². The molecule has 27 heavy (non-hydrogen) atoms. The number of hydrogen-bond donors (Lipinski definition) is 3. The molecule has 0 aromatic heterocycles. The minimum Gasteiger partial charge on any atom is -0.346 e. The predicted octanol–water partition coefficient (Wildman–Crippen LogP) is 1.54. The maximum atomic E-state index is 12.4. The third kappa shape index (κ3) is 7.07. The highest BCUT2D eigenvalue weighted by Crippen LogP contribution is 2.12. The average molecular weight is 372 g/mol. The van der Waals surface area contributed by atoms with Crippen LogP contribution in [0.25, 0.3) is 0 Å². The van der Waals surface area contributed by atoms with Crippen molar-refractivity contribution in [2.24, 2.45) is 11.7 Å². The largest absolute Gasteiger partial charge is 0.346 e. The van der Waals surface area contributed by atoms with Gasteiger partial charge in [0.05, 0.1) is 12.6 Å². The zero-order valence-electron chi connectivity index (χ0n) is 15.9. The monoisotopic (exact) mass is 372 g/mol. The molecule has 1 atom stereocenters. The van der Waals surface area contributed by atoms with Crippen molar-refractivity contribution in [3.8, 4) is 0 Å². The molecule has 0 saturated carbocycles. The molecule has 0 saturated heterocycles. The summed E-state index contributed by atoms with van der Waals surface area (Å²) in [6.07, 6.45) is 3.30. The Bertz CT molecular complexity index is 673. The smallest absolute Gasteiger partial charge is 0.254 e. The second kappa shape index (κ2) is 10.9. The lowest BCUT2D eigenvalue weighted by molar-refractivity contribution is -0.125. The Morgan fingerprint density at radius 3 is 2.15 bits per heavy atom. The Hall–Kier alpha value is -2.93. The second-order valence-electron chi connectivity index (χ2n) is 6.40. The highest BCUT2D eigenvalue weighted by Gasteiger charge is 2.18. The molecule has 0 unspecified atom stereocenters. The number of benzene rings is 1. The number of nitrogens with zero attached hydrogens (tertiary/aromatic N) is 1. The van der Waals surface area contributed by atoms with E-state index in [1.54, 1.807) is 41.3 Å². The molecule has 1 aromatic carbocycles. The number of hydrogen-bond acceptors (Lipinski definition) is 4. The van der Waals surface area contributed by atoms with Crippen molar-refractivity contribution in [2.45, 2.75) is 19.9 Å². The molecule has 0 fully saturated rings. The van der Waals surface area contributed by atoms with Crippen LogP contribution in [-0.2, 0) is 9.59 Å². The van der Waals surface area contributed by atoms with E-state index in [0.29, 0.717) is 24.3 Å². The Morgan fingerprint density at radius 2 is 1.67 bits per heavy atom. The molecular formula is C20H28N4O3. The Morgan fingerprint density at radius 1 is 1.11 bits per heavy atom. The van der Waals surface area contributed by atoms with Gasteiger partial charge in [0.15, 0.2) is 0 Å². The Kier molecular flexibility index (Phi) is 8.95. The van der Waals surface area contributed by atoms with Crippen molar-refractivity contribution < 1.29 is 14.4 Å². The van der Waals surface area contributed by atoms with Crippen LogP contribution in [0.15, 0.2) is 49.6 Å². The molecule has 0 spiro atoms. The van der Waals surface area contributed by atoms with Crippen molar-refractivity contribution in [1.29, 1.82) is 0 Å². The molecule has 7 nitrogen and oxygen atoms in total. The minimum absolute atomic E-state index is 0.0140. The number of nitrogens with one attached hydrogen (secondary N) is 2. The van der Waals surface area contributed by atoms with E-state index in [9.17, 15) is 14.4 Å². The topological polar surface area (TPSA) is 105 Å². The van der Waals surface area contributed by atoms with Gasteiger partial charge in [0.1, 0.15) is 0 Å². The normalized spacial score (nSPS) is 11.4. The van der Waals surface area contributed by atoms with Crippen LogP contribution in [0, 0.1) is 5.92 Å². The van der Waals surface area contributed by atoms with Gasteiger partial charge in [0, 0.05) is 24.3 Å². The van der Waals surface area contributed by atoms with Crippen LogP contribution in [-0.4, -0.2) is 48.3 Å². The summed E-state index contributed by atoms with van der Waals surface area (Å²) in [6.45, 7) is 11.6. The number of rotatable bonds is 10. The zero-order chi connectivity index (χ0) is 20.4. The van der Waals surface area contributed by atoms with E-state index in [1.165, 1.54) is 0 Å². The number of amides is 3. The first-order valence-corrected chi connectivity index (χ1v) is 8.74. The quantitative estimate of drug-likeness (QED) is 0.542. The van der Waals surface area contributed by atoms with E-state index >= 15 is 0 Å². The average Bonchev–Trinajstić information content (AvgIpc) is 2.65. The van der Waals surface area contributed by atoms with Crippen LogP contribution in [0.1, 0.15) is 24.2 Å². The molecule has 3 amide bonds. The van der Waals surface area contributed by atoms with Crippen molar-refractivity contribution >= 4 is 23.4 Å². The van der Waals surface area contributed by atoms with Gasteiger partial charge in [-0.05, 0) is 30.2 Å². The summed E-state index contributed by atoms with van der Waals surface area (Å²) in [5.41, 5.74) is 6.74. The summed E-state index contributed by atoms with van der Waals surface area (Å²) in [6, 6.07) is 5.87. The molecule has 4 N–H and O–H groups in total. The summed E-state index contributed by atoms with van der Waals surface area (Å²) in [5, 5.41) is 5.16. The lowest BCUT2D eigenvalue weighted by Gasteiger charge is -2.19. The molecule has 7 heteroatoms. The molecule has 1 rings (SSSR count). The molecule has 0 aliphatic heterocycles. The van der Waals surface area contributed by atoms with Gasteiger partial charge in [-0.25, -0.2) is 0 Å². The van der Waals surface area contributed by atoms with Crippen molar-refractivity contribution in [3.63, 3.8) is 0 Å². The fourth-order valence-electron chi connectivity index (χ4n) is 2.22. The van der Waals surface area contributed by atoms with Crippen LogP contribution < -0.4 is 16.4 Å². The lowest BCUT2D eigenvalue weighted by Crippen LogP contribution is -2.46. The van der Waals surface area contributed by atoms with Crippen LogP contribution in [0.4, 0.5) is 5.69 Å². The van der Waals surface area contributed by atoms with Crippen molar-refractivity contribution in [2.75, 3.05) is 25.0 Å². The van der Waals surface area contributed by atoms with Gasteiger partial charge in [0.2, 0.25) is 11.8 Å². The van der Waals surface area contributed by atoms with Crippen molar-refractivity contribution in [1.82, 2.24) is 10.2 Å². The first-order chi connectivity index (χ1) is 12.8. The number of nitrogens with two attached hydrogens (primary N) is 1. The summed E-state index contributed by atoms with van der Waals surface area (Å²) in [4.78, 5) is 37.7. The minimum atomic E-state index is -0.655. The molecule has 0 radical (unpaired) electrons. The summed E-state index contributed by atoms with van der Waals surface area (Å²) >= 11 is 0. The number of carbonyl (C=O) groups excluding carboxylic acids is 3. The van der Waals surface area contributed by atoms with E-state index in [4.69, 9.17) is 5.73 Å².